The van der Waals surface area contributed by atoms with Gasteiger partial charge in [-0.05, 0) is 55.0 Å². The first-order valence-electron chi connectivity index (χ1n) is 13.5. The molecular weight excluding hydrogens is 573 g/mol. The fourth-order valence-corrected chi connectivity index (χ4v) is 5.95. The number of hydrogen-bond donors (Lipinski definition) is 2. The van der Waals surface area contributed by atoms with Crippen molar-refractivity contribution in [3.05, 3.63) is 63.4 Å². The monoisotopic (exact) mass is 602 g/mol. The van der Waals surface area contributed by atoms with Crippen molar-refractivity contribution in [2.24, 2.45) is 11.7 Å². The zero-order valence-corrected chi connectivity index (χ0v) is 24.1. The Morgan fingerprint density at radius 2 is 1.83 bits per heavy atom. The number of halogens is 4. The molecule has 216 valence electrons. The number of carbonyl (C=O) groups excluding carboxylic acids is 1. The second-order valence-corrected chi connectivity index (χ2v) is 11.6. The molecule has 4 N–H and O–H groups in total. The number of nitrogens with two attached hydrogens (primary N) is 2. The number of aromatic nitrogens is 4. The summed E-state index contributed by atoms with van der Waals surface area (Å²) in [6.45, 7) is 3.91. The van der Waals surface area contributed by atoms with Crippen molar-refractivity contribution in [2.45, 2.75) is 64.2 Å². The molecule has 4 aromatic rings. The quantitative estimate of drug-likeness (QED) is 0.216. The van der Waals surface area contributed by atoms with Crippen LogP contribution in [0.3, 0.4) is 0 Å². The fraction of sp³-hybridized carbons (Fsp3) is 0.379. The molecule has 1 saturated carbocycles. The summed E-state index contributed by atoms with van der Waals surface area (Å²) >= 11 is 12.6. The van der Waals surface area contributed by atoms with E-state index < -0.39 is 23.5 Å². The summed E-state index contributed by atoms with van der Waals surface area (Å²) in [7, 11) is 0. The number of rotatable bonds is 8. The molecule has 41 heavy (non-hydrogen) atoms. The van der Waals surface area contributed by atoms with Crippen molar-refractivity contribution in [1.82, 2.24) is 19.7 Å². The van der Waals surface area contributed by atoms with E-state index in [1.54, 1.807) is 10.6 Å². The van der Waals surface area contributed by atoms with Gasteiger partial charge in [0.05, 0.1) is 27.3 Å². The smallest absolute Gasteiger partial charge is 0.313 e. The van der Waals surface area contributed by atoms with Crippen molar-refractivity contribution in [1.29, 1.82) is 0 Å². The summed E-state index contributed by atoms with van der Waals surface area (Å²) in [5.74, 6) is -2.29. The molecule has 2 aromatic carbocycles. The summed E-state index contributed by atoms with van der Waals surface area (Å²) in [6, 6.07) is 6.98. The van der Waals surface area contributed by atoms with E-state index in [2.05, 4.69) is 10.2 Å². The minimum absolute atomic E-state index is 0.00799. The molecule has 12 heteroatoms. The van der Waals surface area contributed by atoms with E-state index in [1.807, 2.05) is 13.8 Å². The van der Waals surface area contributed by atoms with E-state index in [0.717, 1.165) is 32.1 Å². The topological polar surface area (TPSA) is 126 Å². The average Bonchev–Trinajstić information content (AvgIpc) is 3.54. The number of benzene rings is 2. The molecule has 0 saturated heterocycles. The SMILES string of the molecule is CC(C)CC(C(N)=O)c1ccc(Cl)c(F)c1-n1c(C2CCCCC2)nc(-c2nnc(N)o2)c1-c1ccc(F)c(Cl)c1. The van der Waals surface area contributed by atoms with Crippen LogP contribution in [0.4, 0.5) is 14.8 Å². The number of hydrogen-bond acceptors (Lipinski definition) is 6. The van der Waals surface area contributed by atoms with Crippen LogP contribution in [0.25, 0.3) is 28.5 Å². The molecule has 5 rings (SSSR count). The molecule has 1 amide bonds. The van der Waals surface area contributed by atoms with E-state index in [4.69, 9.17) is 44.1 Å². The Morgan fingerprint density at radius 1 is 1.10 bits per heavy atom. The van der Waals surface area contributed by atoms with Gasteiger partial charge in [-0.2, -0.15) is 0 Å². The van der Waals surface area contributed by atoms with E-state index in [0.29, 0.717) is 29.1 Å². The zero-order chi connectivity index (χ0) is 29.4. The van der Waals surface area contributed by atoms with Gasteiger partial charge in [0.1, 0.15) is 11.6 Å². The summed E-state index contributed by atoms with van der Waals surface area (Å²) < 4.78 is 38.0. The molecular formula is C29H30Cl2F2N6O2. The summed E-state index contributed by atoms with van der Waals surface area (Å²) in [4.78, 5) is 17.8. The van der Waals surface area contributed by atoms with Gasteiger partial charge in [-0.25, -0.2) is 13.8 Å². The van der Waals surface area contributed by atoms with Crippen molar-refractivity contribution >= 4 is 35.1 Å². The van der Waals surface area contributed by atoms with E-state index in [1.165, 1.54) is 24.3 Å². The molecule has 2 aromatic heterocycles. The molecule has 1 aliphatic carbocycles. The molecule has 1 fully saturated rings. The Morgan fingerprint density at radius 3 is 2.44 bits per heavy atom. The molecule has 1 atom stereocenters. The van der Waals surface area contributed by atoms with E-state index in [9.17, 15) is 9.18 Å². The van der Waals surface area contributed by atoms with E-state index in [-0.39, 0.29) is 45.2 Å². The van der Waals surface area contributed by atoms with Crippen LogP contribution in [0.1, 0.15) is 75.6 Å². The molecule has 0 aliphatic heterocycles. The number of nitrogens with zero attached hydrogens (tertiary/aromatic N) is 4. The van der Waals surface area contributed by atoms with Gasteiger partial charge in [-0.1, -0.05) is 67.5 Å². The highest BCUT2D eigenvalue weighted by Crippen LogP contribution is 2.44. The molecule has 0 spiro atoms. The van der Waals surface area contributed by atoms with E-state index >= 15 is 4.39 Å². The van der Waals surface area contributed by atoms with Crippen LogP contribution < -0.4 is 11.5 Å². The Hall–Kier alpha value is -3.50. The highest BCUT2D eigenvalue weighted by molar-refractivity contribution is 6.31. The first-order chi connectivity index (χ1) is 19.6. The number of amides is 1. The molecule has 8 nitrogen and oxygen atoms in total. The van der Waals surface area contributed by atoms with Crippen LogP contribution in [0.15, 0.2) is 34.7 Å². The van der Waals surface area contributed by atoms with Crippen molar-refractivity contribution < 1.29 is 18.0 Å². The van der Waals surface area contributed by atoms with Gasteiger partial charge in [0.25, 0.3) is 5.89 Å². The number of anilines is 1. The normalized spacial score (nSPS) is 15.0. The van der Waals surface area contributed by atoms with Gasteiger partial charge in [0, 0.05) is 11.5 Å². The minimum Gasteiger partial charge on any atom is -0.402 e. The van der Waals surface area contributed by atoms with Crippen LogP contribution in [-0.2, 0) is 4.79 Å². The Kier molecular flexibility index (Phi) is 8.33. The maximum atomic E-state index is 16.4. The van der Waals surface area contributed by atoms with Crippen molar-refractivity contribution in [3.63, 3.8) is 0 Å². The lowest BCUT2D eigenvalue weighted by Crippen LogP contribution is -2.25. The lowest BCUT2D eigenvalue weighted by molar-refractivity contribution is -0.119. The minimum atomic E-state index is -0.828. The number of imidazole rings is 1. The lowest BCUT2D eigenvalue weighted by Gasteiger charge is -2.26. The molecule has 1 aliphatic rings. The highest BCUT2D eigenvalue weighted by atomic mass is 35.5. The van der Waals surface area contributed by atoms with Gasteiger partial charge in [0.2, 0.25) is 5.91 Å². The van der Waals surface area contributed by atoms with Crippen molar-refractivity contribution in [2.75, 3.05) is 5.73 Å². The van der Waals surface area contributed by atoms with Crippen LogP contribution in [0.2, 0.25) is 10.0 Å². The largest absolute Gasteiger partial charge is 0.402 e. The Bertz CT molecular complexity index is 1600. The predicted octanol–water partition coefficient (Wildman–Crippen LogP) is 7.42. The van der Waals surface area contributed by atoms with Crippen LogP contribution in [0.5, 0.6) is 0 Å². The van der Waals surface area contributed by atoms with Crippen LogP contribution >= 0.6 is 23.2 Å². The maximum absolute atomic E-state index is 16.4. The second-order valence-electron chi connectivity index (χ2n) is 10.8. The Balaban J connectivity index is 1.92. The highest BCUT2D eigenvalue weighted by Gasteiger charge is 2.34. The molecule has 0 bridgehead atoms. The van der Waals surface area contributed by atoms with Crippen LogP contribution in [0, 0.1) is 17.6 Å². The number of primary amides is 1. The first-order valence-corrected chi connectivity index (χ1v) is 14.3. The lowest BCUT2D eigenvalue weighted by atomic mass is 9.87. The van der Waals surface area contributed by atoms with Crippen LogP contribution in [-0.4, -0.2) is 25.7 Å². The fourth-order valence-electron chi connectivity index (χ4n) is 5.62. The van der Waals surface area contributed by atoms with Gasteiger partial charge >= 0.3 is 6.01 Å². The zero-order valence-electron chi connectivity index (χ0n) is 22.6. The third-order valence-corrected chi connectivity index (χ3v) is 8.04. The summed E-state index contributed by atoms with van der Waals surface area (Å²) in [5.41, 5.74) is 13.0. The summed E-state index contributed by atoms with van der Waals surface area (Å²) in [6.07, 6.45) is 4.96. The average molecular weight is 604 g/mol. The second kappa shape index (κ2) is 11.8. The van der Waals surface area contributed by atoms with Gasteiger partial charge in [0.15, 0.2) is 11.5 Å². The maximum Gasteiger partial charge on any atom is 0.313 e. The third-order valence-electron chi connectivity index (χ3n) is 7.46. The Labute approximate surface area is 246 Å². The first kappa shape index (κ1) is 29.0. The van der Waals surface area contributed by atoms with Gasteiger partial charge in [-0.15, -0.1) is 5.10 Å². The molecule has 1 unspecified atom stereocenters. The number of carbonyl (C=O) groups is 1. The van der Waals surface area contributed by atoms with Gasteiger partial charge < -0.3 is 15.9 Å². The molecule has 2 heterocycles. The standard InChI is InChI=1S/C29H30Cl2F2N6O2/c1-14(2)12-18(26(34)40)17-9-10-19(30)22(33)25(17)39-24(16-8-11-21(32)20(31)13-16)23(28-37-38-29(35)41-28)36-27(39)15-6-4-3-5-7-15/h8-11,13-15,18H,3-7,12H2,1-2H3,(H2,34,40)(H2,35,38). The number of nitrogen functional groups attached to an aromatic ring is 1. The summed E-state index contributed by atoms with van der Waals surface area (Å²) in [5, 5.41) is 7.55. The third kappa shape index (κ3) is 5.67. The predicted molar refractivity (Wildman–Crippen MR) is 154 cm³/mol. The molecule has 0 radical (unpaired) electrons. The van der Waals surface area contributed by atoms with Gasteiger partial charge in [-0.3, -0.25) is 9.36 Å². The van der Waals surface area contributed by atoms with Crippen molar-refractivity contribution in [3.8, 4) is 28.5 Å².